The third-order valence-corrected chi connectivity index (χ3v) is 29.0. The zero-order valence-corrected chi connectivity index (χ0v) is 55.8. The number of fused-ring (bicyclic) bond motifs is 15. The van der Waals surface area contributed by atoms with E-state index >= 15 is 13.2 Å². The molecule has 0 radical (unpaired) electrons. The van der Waals surface area contributed by atoms with Crippen molar-refractivity contribution in [2.24, 2.45) is 123 Å². The molecule has 12 fully saturated rings. The van der Waals surface area contributed by atoms with Gasteiger partial charge in [-0.2, -0.15) is 20.1 Å². The second-order valence-electron chi connectivity index (χ2n) is 34.4. The zero-order valence-electron chi connectivity index (χ0n) is 55.8. The van der Waals surface area contributed by atoms with E-state index in [2.05, 4.69) is 46.4 Å². The summed E-state index contributed by atoms with van der Waals surface area (Å²) in [4.78, 5) is 41.2. The van der Waals surface area contributed by atoms with E-state index in [-0.39, 0.29) is 69.9 Å². The molecule has 17 heteroatoms. The molecule has 27 atom stereocenters. The fraction of sp³-hybridized carbons (Fsp3) is 0.863. The van der Waals surface area contributed by atoms with E-state index in [1.807, 2.05) is 47.7 Å². The van der Waals surface area contributed by atoms with Gasteiger partial charge in [-0.25, -0.2) is 17.9 Å². The van der Waals surface area contributed by atoms with Crippen LogP contribution in [-0.2, 0) is 34.0 Å². The van der Waals surface area contributed by atoms with Gasteiger partial charge < -0.3 is 15.3 Å². The summed E-state index contributed by atoms with van der Waals surface area (Å²) in [5, 5.41) is 52.4. The van der Waals surface area contributed by atoms with Crippen LogP contribution >= 0.6 is 0 Å². The molecular formula is C73H109F3N8O6. The van der Waals surface area contributed by atoms with Crippen LogP contribution in [0.2, 0.25) is 0 Å². The molecule has 3 aromatic heterocycles. The molecule has 0 amide bonds. The standard InChI is InChI=1S/C25H37FN2O2.2C24H36FN3O2/c1-15-12-27-28(13-15)14-23(29)21-5-4-20-18-10-22(26)19-11-24(2,30)8-6-17(19)16(18)7-9-25(20,21)3;1-14-12-26-27-28(14)13-22(29)20-5-4-19-17-10-21(25)18-11-23(2,30)8-6-16(18)15(17)7-9-24(19,20)3;1-14-12-26-28(27-14)13-22(29)20-5-4-19-17-10-21(25)18-11-23(2,30)8-6-16(18)15(17)7-9-24(19,20)3/h12-13,16-22,30H,4-11,14H2,1-3H3;2*12,15-21,30H,4-11,13H2,1-3H3/t16-,17-,18-,19+,20+,21-,22-,24-,25+;2*15-,16-,17-,18+,19+,20-,21-,23-,24+/m111/s1. The van der Waals surface area contributed by atoms with Gasteiger partial charge in [0.2, 0.25) is 0 Å². The van der Waals surface area contributed by atoms with Crippen molar-refractivity contribution in [1.82, 2.24) is 39.8 Å². The molecule has 0 aliphatic heterocycles. The number of carbonyl (C=O) groups is 3. The molecule has 0 unspecified atom stereocenters. The fourth-order valence-corrected chi connectivity index (χ4v) is 24.9. The molecule has 0 bridgehead atoms. The minimum Gasteiger partial charge on any atom is -0.390 e. The number of aromatic nitrogens is 8. The largest absolute Gasteiger partial charge is 0.390 e. The van der Waals surface area contributed by atoms with E-state index < -0.39 is 35.3 Å². The fourth-order valence-electron chi connectivity index (χ4n) is 24.9. The van der Waals surface area contributed by atoms with Gasteiger partial charge in [0.25, 0.3) is 0 Å². The molecule has 12 saturated carbocycles. The van der Waals surface area contributed by atoms with E-state index in [1.165, 1.54) is 4.80 Å². The number of hydrogen-bond acceptors (Lipinski definition) is 11. The van der Waals surface area contributed by atoms with Crippen LogP contribution in [0.4, 0.5) is 13.2 Å². The quantitative estimate of drug-likeness (QED) is 0.185. The van der Waals surface area contributed by atoms with Gasteiger partial charge >= 0.3 is 0 Å². The van der Waals surface area contributed by atoms with Crippen molar-refractivity contribution >= 4 is 17.3 Å². The Kier molecular flexibility index (Phi) is 17.4. The van der Waals surface area contributed by atoms with E-state index in [0.29, 0.717) is 128 Å². The average Bonchev–Trinajstić information content (AvgIpc) is 1.44. The van der Waals surface area contributed by atoms with Crippen LogP contribution < -0.4 is 0 Å². The molecular weight excluding hydrogens is 1140 g/mol. The van der Waals surface area contributed by atoms with Crippen LogP contribution in [0.3, 0.4) is 0 Å². The number of halogens is 3. The molecule has 498 valence electrons. The lowest BCUT2D eigenvalue weighted by Gasteiger charge is -2.57. The van der Waals surface area contributed by atoms with Crippen molar-refractivity contribution in [3.05, 3.63) is 41.7 Å². The molecule has 12 aliphatic carbocycles. The number of hydrogen-bond donors (Lipinski definition) is 3. The first-order valence-corrected chi connectivity index (χ1v) is 35.9. The summed E-state index contributed by atoms with van der Waals surface area (Å²) in [5.74, 6) is 6.59. The Balaban J connectivity index is 0.000000124. The number of Topliss-reactive ketones (excluding diaryl/α,β-unsaturated/α-hetero) is 3. The SMILES string of the molecule is Cc1cnn(CC(=O)[C@H]2CC[C@H]3[C@@H]4C[C@@H](F)[C@H]5C[C@](C)(O)CC[C@@H]5[C@H]4CC[C@]23C)c1.Cc1cnn(CC(=O)[C@H]2CC[C@H]3[C@@H]4C[C@@H](F)[C@H]5C[C@](C)(O)CC[C@@H]5[C@H]4CC[C@]23C)n1.Cc1cnnn1CC(=O)[C@H]1CC[C@H]2[C@@H]3C[C@@H](F)[C@H]4C[C@](C)(O)CC[C@@H]4[C@H]3CC[C@]12C. The molecule has 3 aromatic rings. The highest BCUT2D eigenvalue weighted by Crippen LogP contribution is 2.69. The predicted octanol–water partition coefficient (Wildman–Crippen LogP) is 13.0. The van der Waals surface area contributed by atoms with Gasteiger partial charge in [0, 0.05) is 24.0 Å². The summed E-state index contributed by atoms with van der Waals surface area (Å²) >= 11 is 0. The number of nitrogens with zero attached hydrogens (tertiary/aromatic N) is 8. The lowest BCUT2D eigenvalue weighted by Crippen LogP contribution is -2.54. The summed E-state index contributed by atoms with van der Waals surface area (Å²) in [5.41, 5.74) is 0.694. The van der Waals surface area contributed by atoms with Crippen molar-refractivity contribution < 1.29 is 42.9 Å². The van der Waals surface area contributed by atoms with Crippen LogP contribution in [0.5, 0.6) is 0 Å². The molecule has 14 nitrogen and oxygen atoms in total. The topological polar surface area (TPSA) is 191 Å². The maximum absolute atomic E-state index is 15.4. The molecule has 12 aliphatic rings. The highest BCUT2D eigenvalue weighted by molar-refractivity contribution is 5.83. The van der Waals surface area contributed by atoms with Crippen molar-refractivity contribution in [2.45, 2.75) is 271 Å². The smallest absolute Gasteiger partial charge is 0.159 e. The van der Waals surface area contributed by atoms with E-state index in [9.17, 15) is 29.7 Å². The second kappa shape index (κ2) is 24.1. The monoisotopic (exact) mass is 1250 g/mol. The van der Waals surface area contributed by atoms with Gasteiger partial charge in [-0.3, -0.25) is 19.1 Å². The molecule has 0 saturated heterocycles. The first-order valence-electron chi connectivity index (χ1n) is 35.9. The Morgan fingerprint density at radius 3 is 1.20 bits per heavy atom. The summed E-state index contributed by atoms with van der Waals surface area (Å²) < 4.78 is 49.6. The van der Waals surface area contributed by atoms with Gasteiger partial charge in [-0.05, 0) is 306 Å². The van der Waals surface area contributed by atoms with Crippen LogP contribution in [-0.4, -0.2) is 108 Å². The van der Waals surface area contributed by atoms with Crippen molar-refractivity contribution in [2.75, 3.05) is 0 Å². The van der Waals surface area contributed by atoms with Crippen LogP contribution in [0, 0.1) is 144 Å². The normalized spacial score (nSPS) is 48.0. The van der Waals surface area contributed by atoms with Crippen LogP contribution in [0.25, 0.3) is 0 Å². The Bertz CT molecular complexity index is 2970. The Morgan fingerprint density at radius 2 is 0.844 bits per heavy atom. The molecule has 3 N–H and O–H groups in total. The number of aliphatic hydroxyl groups is 3. The van der Waals surface area contributed by atoms with Gasteiger partial charge in [0.15, 0.2) is 17.3 Å². The average molecular weight is 1250 g/mol. The Hall–Kier alpha value is -3.83. The molecule has 3 heterocycles. The minimum atomic E-state index is -0.809. The molecule has 90 heavy (non-hydrogen) atoms. The summed E-state index contributed by atoms with van der Waals surface area (Å²) in [6.45, 7) is 19.3. The summed E-state index contributed by atoms with van der Waals surface area (Å²) in [6, 6.07) is 0. The van der Waals surface area contributed by atoms with E-state index in [0.717, 1.165) is 133 Å². The van der Waals surface area contributed by atoms with Gasteiger partial charge in [0.05, 0.1) is 53.3 Å². The molecule has 15 rings (SSSR count). The van der Waals surface area contributed by atoms with Crippen molar-refractivity contribution in [1.29, 1.82) is 0 Å². The Labute approximate surface area is 533 Å². The predicted molar refractivity (Wildman–Crippen MR) is 336 cm³/mol. The maximum Gasteiger partial charge on any atom is 0.159 e. The van der Waals surface area contributed by atoms with Gasteiger partial charge in [0.1, 0.15) is 31.6 Å². The van der Waals surface area contributed by atoms with Crippen LogP contribution in [0.1, 0.15) is 213 Å². The number of rotatable bonds is 9. The van der Waals surface area contributed by atoms with Crippen molar-refractivity contribution in [3.8, 4) is 0 Å². The molecule has 0 aromatic carbocycles. The first kappa shape index (κ1) is 64.9. The lowest BCUT2D eigenvalue weighted by molar-refractivity contribution is -0.139. The summed E-state index contributed by atoms with van der Waals surface area (Å²) in [6.07, 6.45) is 26.2. The highest BCUT2D eigenvalue weighted by Gasteiger charge is 2.64. The third-order valence-electron chi connectivity index (χ3n) is 29.0. The summed E-state index contributed by atoms with van der Waals surface area (Å²) in [7, 11) is 0. The van der Waals surface area contributed by atoms with Crippen molar-refractivity contribution in [3.63, 3.8) is 0 Å². The second-order valence-corrected chi connectivity index (χ2v) is 34.4. The van der Waals surface area contributed by atoms with Gasteiger partial charge in [-0.1, -0.05) is 26.0 Å². The van der Waals surface area contributed by atoms with Gasteiger partial charge in [-0.15, -0.1) is 5.10 Å². The zero-order chi connectivity index (χ0) is 63.8. The Morgan fingerprint density at radius 1 is 0.467 bits per heavy atom. The number of ketones is 3. The highest BCUT2D eigenvalue weighted by atomic mass is 19.1. The first-order chi connectivity index (χ1) is 42.5. The number of carbonyl (C=O) groups excluding carboxylic acids is 3. The maximum atomic E-state index is 15.4. The van der Waals surface area contributed by atoms with Crippen LogP contribution in [0.15, 0.2) is 24.8 Å². The van der Waals surface area contributed by atoms with E-state index in [1.54, 1.807) is 28.0 Å². The van der Waals surface area contributed by atoms with E-state index in [4.69, 9.17) is 0 Å². The lowest BCUT2D eigenvalue weighted by atomic mass is 9.48. The molecule has 0 spiro atoms. The number of aryl methyl sites for hydroxylation is 3. The number of alkyl halides is 3. The minimum absolute atomic E-state index is 0.00711. The third kappa shape index (κ3) is 11.8.